The van der Waals surface area contributed by atoms with Crippen LogP contribution in [0.1, 0.15) is 39.9 Å². The molecule has 2 unspecified atom stereocenters. The summed E-state index contributed by atoms with van der Waals surface area (Å²) in [7, 11) is 0. The summed E-state index contributed by atoms with van der Waals surface area (Å²) in [5, 5.41) is 22.3. The van der Waals surface area contributed by atoms with Gasteiger partial charge in [0.1, 0.15) is 11.9 Å². The minimum absolute atomic E-state index is 0.0774. The first-order valence-electron chi connectivity index (χ1n) is 8.78. The summed E-state index contributed by atoms with van der Waals surface area (Å²) in [6, 6.07) is 26.6. The summed E-state index contributed by atoms with van der Waals surface area (Å²) >= 11 is 6.01. The molecule has 3 aromatic carbocycles. The quantitative estimate of drug-likeness (QED) is 0.699. The van der Waals surface area contributed by atoms with Gasteiger partial charge in [-0.1, -0.05) is 35.9 Å². The molecule has 5 heteroatoms. The molecule has 0 aromatic heterocycles. The summed E-state index contributed by atoms with van der Waals surface area (Å²) in [5.74, 6) is 0.792. The molecule has 3 aromatic rings. The molecule has 0 amide bonds. The van der Waals surface area contributed by atoms with E-state index in [0.717, 1.165) is 22.5 Å². The Balaban J connectivity index is 1.73. The highest BCUT2D eigenvalue weighted by Gasteiger charge is 2.31. The van der Waals surface area contributed by atoms with Crippen molar-refractivity contribution < 1.29 is 0 Å². The highest BCUT2D eigenvalue weighted by Crippen LogP contribution is 2.37. The van der Waals surface area contributed by atoms with Crippen molar-refractivity contribution in [2.45, 2.75) is 12.1 Å². The molecule has 0 radical (unpaired) electrons. The molecule has 0 aliphatic carbocycles. The van der Waals surface area contributed by atoms with E-state index in [1.165, 1.54) is 0 Å². The second kappa shape index (κ2) is 7.56. The van der Waals surface area contributed by atoms with Crippen LogP contribution in [0.5, 0.6) is 0 Å². The maximum atomic E-state index is 9.06. The van der Waals surface area contributed by atoms with Crippen LogP contribution in [-0.2, 0) is 0 Å². The molecule has 4 nitrogen and oxygen atoms in total. The van der Waals surface area contributed by atoms with Gasteiger partial charge in [-0.25, -0.2) is 0 Å². The summed E-state index contributed by atoms with van der Waals surface area (Å²) in [5.41, 5.74) is 4.26. The molecular weight excluding hydrogens is 368 g/mol. The Labute approximate surface area is 168 Å². The van der Waals surface area contributed by atoms with Gasteiger partial charge < -0.3 is 5.32 Å². The van der Waals surface area contributed by atoms with Gasteiger partial charge in [0.15, 0.2) is 0 Å². The molecule has 1 aliphatic rings. The third kappa shape index (κ3) is 3.47. The van der Waals surface area contributed by atoms with Crippen molar-refractivity contribution in [2.75, 3.05) is 0 Å². The fourth-order valence-corrected chi connectivity index (χ4v) is 3.42. The molecule has 1 N–H and O–H groups in total. The number of nitrogens with zero attached hydrogens (tertiary/aromatic N) is 3. The Hall–Kier alpha value is -3.60. The molecule has 0 spiro atoms. The van der Waals surface area contributed by atoms with Crippen LogP contribution in [0.2, 0.25) is 5.02 Å². The third-order valence-electron chi connectivity index (χ3n) is 4.77. The average molecular weight is 383 g/mol. The van der Waals surface area contributed by atoms with Crippen LogP contribution in [-0.4, -0.2) is 5.84 Å². The van der Waals surface area contributed by atoms with Gasteiger partial charge >= 0.3 is 0 Å². The van der Waals surface area contributed by atoms with Crippen LogP contribution in [0.15, 0.2) is 77.8 Å². The van der Waals surface area contributed by atoms with Crippen molar-refractivity contribution in [1.82, 2.24) is 5.32 Å². The smallest absolute Gasteiger partial charge is 0.129 e. The minimum atomic E-state index is -0.147. The summed E-state index contributed by atoms with van der Waals surface area (Å²) < 4.78 is 0. The van der Waals surface area contributed by atoms with Gasteiger partial charge in [0.2, 0.25) is 0 Å². The topological polar surface area (TPSA) is 72.0 Å². The van der Waals surface area contributed by atoms with E-state index in [1.807, 2.05) is 60.7 Å². The number of amidine groups is 1. The van der Waals surface area contributed by atoms with Gasteiger partial charge in [0.05, 0.1) is 29.3 Å². The average Bonchev–Trinajstić information content (AvgIpc) is 3.20. The zero-order valence-corrected chi connectivity index (χ0v) is 15.6. The summed E-state index contributed by atoms with van der Waals surface area (Å²) in [6.45, 7) is 0. The summed E-state index contributed by atoms with van der Waals surface area (Å²) in [6.07, 6.45) is 0. The maximum Gasteiger partial charge on any atom is 0.129 e. The number of rotatable bonds is 3. The SMILES string of the molecule is N#Cc1ccc(C2N=C(c3ccc(Cl)cc3)NC2c2ccc(C#N)cc2)cc1. The molecule has 134 valence electrons. The number of hydrogen-bond donors (Lipinski definition) is 1. The lowest BCUT2D eigenvalue weighted by Crippen LogP contribution is -2.25. The molecule has 28 heavy (non-hydrogen) atoms. The zero-order chi connectivity index (χ0) is 19.5. The van der Waals surface area contributed by atoms with E-state index in [2.05, 4.69) is 17.5 Å². The van der Waals surface area contributed by atoms with Crippen molar-refractivity contribution in [3.05, 3.63) is 106 Å². The molecule has 0 saturated heterocycles. The number of hydrogen-bond acceptors (Lipinski definition) is 4. The maximum absolute atomic E-state index is 9.06. The van der Waals surface area contributed by atoms with E-state index in [1.54, 1.807) is 12.1 Å². The van der Waals surface area contributed by atoms with E-state index >= 15 is 0 Å². The lowest BCUT2D eigenvalue weighted by atomic mass is 9.94. The lowest BCUT2D eigenvalue weighted by molar-refractivity contribution is 0.572. The van der Waals surface area contributed by atoms with Crippen molar-refractivity contribution >= 4 is 17.4 Å². The predicted octanol–water partition coefficient (Wildman–Crippen LogP) is 4.92. The van der Waals surface area contributed by atoms with Crippen LogP contribution < -0.4 is 5.32 Å². The van der Waals surface area contributed by atoms with Gasteiger partial charge in [0.25, 0.3) is 0 Å². The fourth-order valence-electron chi connectivity index (χ4n) is 3.30. The Morgan fingerprint density at radius 1 is 0.750 bits per heavy atom. The van der Waals surface area contributed by atoms with Crippen molar-refractivity contribution in [1.29, 1.82) is 10.5 Å². The first kappa shape index (κ1) is 17.8. The normalized spacial score (nSPS) is 17.9. The van der Waals surface area contributed by atoms with E-state index in [-0.39, 0.29) is 12.1 Å². The second-order valence-electron chi connectivity index (χ2n) is 6.52. The molecule has 1 heterocycles. The molecule has 2 atom stereocenters. The number of aliphatic imine (C=N–C) groups is 1. The zero-order valence-electron chi connectivity index (χ0n) is 14.8. The van der Waals surface area contributed by atoms with Crippen LogP contribution in [0, 0.1) is 22.7 Å². The van der Waals surface area contributed by atoms with Crippen molar-refractivity contribution in [2.24, 2.45) is 4.99 Å². The molecule has 4 rings (SSSR count). The minimum Gasteiger partial charge on any atom is -0.361 e. The van der Waals surface area contributed by atoms with Gasteiger partial charge in [-0.05, 0) is 59.7 Å². The Morgan fingerprint density at radius 3 is 1.82 bits per heavy atom. The van der Waals surface area contributed by atoms with Gasteiger partial charge in [-0.15, -0.1) is 0 Å². The fraction of sp³-hybridized carbons (Fsp3) is 0.0870. The van der Waals surface area contributed by atoms with E-state index in [0.29, 0.717) is 16.1 Å². The molecular formula is C23H15ClN4. The number of benzene rings is 3. The second-order valence-corrected chi connectivity index (χ2v) is 6.96. The number of nitriles is 2. The van der Waals surface area contributed by atoms with Crippen LogP contribution in [0.4, 0.5) is 0 Å². The Kier molecular flexibility index (Phi) is 4.81. The van der Waals surface area contributed by atoms with E-state index < -0.39 is 0 Å². The lowest BCUT2D eigenvalue weighted by Gasteiger charge is -2.20. The van der Waals surface area contributed by atoms with Crippen LogP contribution in [0.25, 0.3) is 0 Å². The van der Waals surface area contributed by atoms with Crippen LogP contribution in [0.3, 0.4) is 0 Å². The van der Waals surface area contributed by atoms with Gasteiger partial charge in [-0.3, -0.25) is 4.99 Å². The third-order valence-corrected chi connectivity index (χ3v) is 5.03. The van der Waals surface area contributed by atoms with Gasteiger partial charge in [-0.2, -0.15) is 10.5 Å². The first-order valence-corrected chi connectivity index (χ1v) is 9.16. The largest absolute Gasteiger partial charge is 0.361 e. The number of nitrogens with one attached hydrogen (secondary N) is 1. The standard InChI is InChI=1S/C23H15ClN4/c24-20-11-9-19(10-12-20)23-27-21(17-5-1-15(13-25)2-6-17)22(28-23)18-7-3-16(14-26)4-8-18/h1-12,21-22H,(H,27,28). The molecule has 1 aliphatic heterocycles. The van der Waals surface area contributed by atoms with Crippen molar-refractivity contribution in [3.8, 4) is 12.1 Å². The highest BCUT2D eigenvalue weighted by molar-refractivity contribution is 6.30. The van der Waals surface area contributed by atoms with E-state index in [9.17, 15) is 0 Å². The highest BCUT2D eigenvalue weighted by atomic mass is 35.5. The van der Waals surface area contributed by atoms with Gasteiger partial charge in [0, 0.05) is 10.6 Å². The van der Waals surface area contributed by atoms with Crippen molar-refractivity contribution in [3.63, 3.8) is 0 Å². The monoisotopic (exact) mass is 382 g/mol. The predicted molar refractivity (Wildman–Crippen MR) is 109 cm³/mol. The summed E-state index contributed by atoms with van der Waals surface area (Å²) in [4.78, 5) is 4.93. The van der Waals surface area contributed by atoms with E-state index in [4.69, 9.17) is 27.1 Å². The Morgan fingerprint density at radius 2 is 1.29 bits per heavy atom. The van der Waals surface area contributed by atoms with Crippen LogP contribution >= 0.6 is 11.6 Å². The molecule has 0 bridgehead atoms. The molecule has 0 saturated carbocycles. The first-order chi connectivity index (χ1) is 13.7. The Bertz CT molecular complexity index is 1100. The number of halogens is 1. The molecule has 0 fully saturated rings.